The Morgan fingerprint density at radius 1 is 0.939 bits per heavy atom. The highest BCUT2D eigenvalue weighted by Crippen LogP contribution is 2.23. The van der Waals surface area contributed by atoms with Crippen molar-refractivity contribution in [3.63, 3.8) is 0 Å². The summed E-state index contributed by atoms with van der Waals surface area (Å²) in [5, 5.41) is 2.92. The minimum atomic E-state index is -0.171. The zero-order valence-electron chi connectivity index (χ0n) is 18.0. The van der Waals surface area contributed by atoms with Crippen LogP contribution in [0.2, 0.25) is 0 Å². The molecule has 166 valence electrons. The van der Waals surface area contributed by atoms with Crippen molar-refractivity contribution in [2.75, 3.05) is 36.4 Å². The van der Waals surface area contributed by atoms with Gasteiger partial charge in [-0.2, -0.15) is 0 Å². The number of carbonyl (C=O) groups excluding carboxylic acids is 2. The van der Waals surface area contributed by atoms with Crippen LogP contribution in [0.4, 0.5) is 11.4 Å². The maximum Gasteiger partial charge on any atom is 0.257 e. The number of amides is 2. The molecule has 9 nitrogen and oxygen atoms in total. The van der Waals surface area contributed by atoms with Crippen molar-refractivity contribution >= 4 is 29.0 Å². The van der Waals surface area contributed by atoms with E-state index in [9.17, 15) is 9.59 Å². The van der Waals surface area contributed by atoms with Gasteiger partial charge in [-0.1, -0.05) is 12.1 Å². The molecule has 0 spiro atoms. The molecule has 33 heavy (non-hydrogen) atoms. The van der Waals surface area contributed by atoms with Crippen LogP contribution in [-0.2, 0) is 11.2 Å². The molecule has 4 aromatic rings. The second kappa shape index (κ2) is 9.07. The summed E-state index contributed by atoms with van der Waals surface area (Å²) in [5.74, 6) is 0.462. The van der Waals surface area contributed by atoms with Crippen molar-refractivity contribution in [2.24, 2.45) is 0 Å². The summed E-state index contributed by atoms with van der Waals surface area (Å²) in [6.07, 6.45) is 8.91. The van der Waals surface area contributed by atoms with Crippen LogP contribution in [0, 0.1) is 0 Å². The summed E-state index contributed by atoms with van der Waals surface area (Å²) in [4.78, 5) is 42.3. The van der Waals surface area contributed by atoms with E-state index < -0.39 is 0 Å². The molecular weight excluding hydrogens is 418 g/mol. The number of hydrogen-bond donors (Lipinski definition) is 1. The zero-order valence-corrected chi connectivity index (χ0v) is 18.0. The SMILES string of the molecule is O=C(Nc1ccncc1)c1ccccc1N1CCN(C(=O)Cc2cn3cccnc3n2)CC1. The van der Waals surface area contributed by atoms with Gasteiger partial charge in [0.15, 0.2) is 0 Å². The molecule has 0 aliphatic carbocycles. The predicted octanol–water partition coefficient (Wildman–Crippen LogP) is 2.27. The lowest BCUT2D eigenvalue weighted by Crippen LogP contribution is -2.49. The molecular formula is C24H23N7O2. The van der Waals surface area contributed by atoms with Crippen molar-refractivity contribution in [2.45, 2.75) is 6.42 Å². The Bertz CT molecular complexity index is 1250. The van der Waals surface area contributed by atoms with Gasteiger partial charge in [-0.05, 0) is 30.3 Å². The molecule has 1 N–H and O–H groups in total. The molecule has 1 aromatic carbocycles. The van der Waals surface area contributed by atoms with Crippen LogP contribution in [0.25, 0.3) is 5.78 Å². The van der Waals surface area contributed by atoms with E-state index in [2.05, 4.69) is 25.2 Å². The largest absolute Gasteiger partial charge is 0.367 e. The Balaban J connectivity index is 1.23. The van der Waals surface area contributed by atoms with Gasteiger partial charge in [-0.15, -0.1) is 0 Å². The number of carbonyl (C=O) groups is 2. The Hall–Kier alpha value is -4.27. The second-order valence-corrected chi connectivity index (χ2v) is 7.81. The molecule has 9 heteroatoms. The lowest BCUT2D eigenvalue weighted by atomic mass is 10.1. The summed E-state index contributed by atoms with van der Waals surface area (Å²) in [5.41, 5.74) is 2.87. The van der Waals surface area contributed by atoms with Crippen LogP contribution in [0.1, 0.15) is 16.1 Å². The van der Waals surface area contributed by atoms with E-state index in [1.54, 1.807) is 30.7 Å². The third-order valence-electron chi connectivity index (χ3n) is 5.68. The monoisotopic (exact) mass is 441 g/mol. The lowest BCUT2D eigenvalue weighted by Gasteiger charge is -2.36. The van der Waals surface area contributed by atoms with Gasteiger partial charge in [0.2, 0.25) is 11.7 Å². The summed E-state index contributed by atoms with van der Waals surface area (Å²) in [7, 11) is 0. The Labute approximate surface area is 190 Å². The lowest BCUT2D eigenvalue weighted by molar-refractivity contribution is -0.130. The van der Waals surface area contributed by atoms with Crippen molar-refractivity contribution in [3.8, 4) is 0 Å². The molecule has 5 rings (SSSR count). The fourth-order valence-electron chi connectivity index (χ4n) is 4.00. The maximum absolute atomic E-state index is 12.9. The number of rotatable bonds is 5. The van der Waals surface area contributed by atoms with Crippen LogP contribution < -0.4 is 10.2 Å². The normalized spacial score (nSPS) is 13.8. The topological polar surface area (TPSA) is 95.7 Å². The Morgan fingerprint density at radius 3 is 2.52 bits per heavy atom. The minimum Gasteiger partial charge on any atom is -0.367 e. The van der Waals surface area contributed by atoms with Crippen LogP contribution in [0.3, 0.4) is 0 Å². The molecule has 4 heterocycles. The van der Waals surface area contributed by atoms with Gasteiger partial charge >= 0.3 is 0 Å². The number of hydrogen-bond acceptors (Lipinski definition) is 6. The molecule has 1 fully saturated rings. The standard InChI is InChI=1S/C24H23N7O2/c32-22(16-19-17-31-11-3-8-26-24(31)28-19)30-14-12-29(13-15-30)21-5-2-1-4-20(21)23(33)27-18-6-9-25-10-7-18/h1-11,17H,12-16H2,(H,25,27,33). The van der Waals surface area contributed by atoms with Gasteiger partial charge in [0.25, 0.3) is 5.91 Å². The van der Waals surface area contributed by atoms with E-state index in [4.69, 9.17) is 0 Å². The van der Waals surface area contributed by atoms with Crippen LogP contribution >= 0.6 is 0 Å². The molecule has 0 unspecified atom stereocenters. The quantitative estimate of drug-likeness (QED) is 0.511. The number of aromatic nitrogens is 4. The zero-order chi connectivity index (χ0) is 22.6. The van der Waals surface area contributed by atoms with Crippen LogP contribution in [0.15, 0.2) is 73.4 Å². The van der Waals surface area contributed by atoms with Gasteiger partial charge in [-0.3, -0.25) is 19.0 Å². The highest BCUT2D eigenvalue weighted by atomic mass is 16.2. The Kier molecular flexibility index (Phi) is 5.67. The third kappa shape index (κ3) is 4.52. The first kappa shape index (κ1) is 20.6. The molecule has 1 aliphatic rings. The van der Waals surface area contributed by atoms with Crippen LogP contribution in [0.5, 0.6) is 0 Å². The third-order valence-corrected chi connectivity index (χ3v) is 5.68. The Morgan fingerprint density at radius 2 is 1.73 bits per heavy atom. The molecule has 2 amide bonds. The average molecular weight is 441 g/mol. The number of para-hydroxylation sites is 1. The summed E-state index contributed by atoms with van der Waals surface area (Å²) in [6.45, 7) is 2.48. The highest BCUT2D eigenvalue weighted by molar-refractivity contribution is 6.08. The molecule has 1 saturated heterocycles. The molecule has 0 bridgehead atoms. The van der Waals surface area contributed by atoms with E-state index in [1.807, 2.05) is 52.0 Å². The summed E-state index contributed by atoms with van der Waals surface area (Å²) < 4.78 is 1.81. The van der Waals surface area contributed by atoms with E-state index in [1.165, 1.54) is 0 Å². The number of nitrogens with zero attached hydrogens (tertiary/aromatic N) is 6. The van der Waals surface area contributed by atoms with Gasteiger partial charge in [-0.25, -0.2) is 9.97 Å². The fraction of sp³-hybridized carbons (Fsp3) is 0.208. The number of piperazine rings is 1. The first-order valence-corrected chi connectivity index (χ1v) is 10.8. The fourth-order valence-corrected chi connectivity index (χ4v) is 4.00. The number of anilines is 2. The molecule has 1 aliphatic heterocycles. The number of pyridine rings is 1. The van der Waals surface area contributed by atoms with Crippen LogP contribution in [-0.4, -0.2) is 62.2 Å². The number of imidazole rings is 1. The van der Waals surface area contributed by atoms with Gasteiger partial charge in [0, 0.05) is 68.5 Å². The minimum absolute atomic E-state index is 0.0433. The van der Waals surface area contributed by atoms with Gasteiger partial charge < -0.3 is 15.1 Å². The smallest absolute Gasteiger partial charge is 0.257 e. The predicted molar refractivity (Wildman–Crippen MR) is 124 cm³/mol. The van der Waals surface area contributed by atoms with Crippen molar-refractivity contribution in [1.29, 1.82) is 0 Å². The van der Waals surface area contributed by atoms with E-state index in [0.29, 0.717) is 48.9 Å². The van der Waals surface area contributed by atoms with E-state index in [0.717, 1.165) is 5.69 Å². The molecule has 0 saturated carbocycles. The molecule has 0 radical (unpaired) electrons. The summed E-state index contributed by atoms with van der Waals surface area (Å²) in [6, 6.07) is 12.9. The van der Waals surface area contributed by atoms with Gasteiger partial charge in [0.05, 0.1) is 17.7 Å². The maximum atomic E-state index is 12.9. The number of nitrogens with one attached hydrogen (secondary N) is 1. The first-order valence-electron chi connectivity index (χ1n) is 10.8. The van der Waals surface area contributed by atoms with Crippen molar-refractivity contribution in [3.05, 3.63) is 84.7 Å². The van der Waals surface area contributed by atoms with Gasteiger partial charge in [0.1, 0.15) is 0 Å². The molecule has 0 atom stereocenters. The first-order chi connectivity index (χ1) is 16.2. The average Bonchev–Trinajstić information content (AvgIpc) is 3.27. The van der Waals surface area contributed by atoms with Crippen molar-refractivity contribution < 1.29 is 9.59 Å². The van der Waals surface area contributed by atoms with E-state index >= 15 is 0 Å². The number of benzene rings is 1. The highest BCUT2D eigenvalue weighted by Gasteiger charge is 2.24. The number of fused-ring (bicyclic) bond motifs is 1. The van der Waals surface area contributed by atoms with E-state index in [-0.39, 0.29) is 18.2 Å². The second-order valence-electron chi connectivity index (χ2n) is 7.81. The molecule has 3 aromatic heterocycles. The summed E-state index contributed by atoms with van der Waals surface area (Å²) >= 11 is 0. The van der Waals surface area contributed by atoms with Crippen molar-refractivity contribution in [1.82, 2.24) is 24.3 Å².